The molecule has 0 atom stereocenters. The second kappa shape index (κ2) is 6.48. The van der Waals surface area contributed by atoms with Gasteiger partial charge in [-0.15, -0.1) is 0 Å². The van der Waals surface area contributed by atoms with Gasteiger partial charge in [-0.1, -0.05) is 6.07 Å². The molecule has 0 unspecified atom stereocenters. The molecule has 4 aromatic heterocycles. The number of aromatic nitrogens is 5. The number of aromatic amines is 2. The molecule has 4 aromatic rings. The summed E-state index contributed by atoms with van der Waals surface area (Å²) in [5.74, 6) is -0.544. The molecule has 26 heavy (non-hydrogen) atoms. The zero-order valence-electron chi connectivity index (χ0n) is 13.4. The molecule has 0 aliphatic heterocycles. The fraction of sp³-hybridized carbons (Fsp3) is 0. The highest BCUT2D eigenvalue weighted by molar-refractivity contribution is 5.98. The van der Waals surface area contributed by atoms with Gasteiger partial charge in [0.1, 0.15) is 22.9 Å². The molecular weight excluding hydrogens is 334 g/mol. The van der Waals surface area contributed by atoms with Crippen LogP contribution in [0.5, 0.6) is 0 Å². The summed E-state index contributed by atoms with van der Waals surface area (Å²) >= 11 is 0. The summed E-state index contributed by atoms with van der Waals surface area (Å²) in [6.45, 7) is 0. The van der Waals surface area contributed by atoms with E-state index in [9.17, 15) is 9.59 Å². The van der Waals surface area contributed by atoms with Crippen LogP contribution < -0.4 is 10.9 Å². The van der Waals surface area contributed by atoms with E-state index in [4.69, 9.17) is 0 Å². The number of carbonyl (C=O) groups is 2. The van der Waals surface area contributed by atoms with Gasteiger partial charge in [0, 0.05) is 35.7 Å². The highest BCUT2D eigenvalue weighted by Crippen LogP contribution is 2.24. The maximum Gasteiger partial charge on any atom is 0.289 e. The van der Waals surface area contributed by atoms with Gasteiger partial charge in [0.2, 0.25) is 0 Å². The Labute approximate surface area is 146 Å². The van der Waals surface area contributed by atoms with Gasteiger partial charge in [0.15, 0.2) is 0 Å². The Balaban J connectivity index is 1.47. The van der Waals surface area contributed by atoms with Gasteiger partial charge in [0.25, 0.3) is 11.8 Å². The lowest BCUT2D eigenvalue weighted by atomic mass is 10.2. The molecule has 0 fully saturated rings. The minimum absolute atomic E-state index is 0.138. The second-order valence-electron chi connectivity index (χ2n) is 5.36. The Morgan fingerprint density at radius 1 is 0.846 bits per heavy atom. The highest BCUT2D eigenvalue weighted by atomic mass is 16.2. The van der Waals surface area contributed by atoms with Crippen LogP contribution in [0.4, 0.5) is 0 Å². The topological polar surface area (TPSA) is 128 Å². The van der Waals surface area contributed by atoms with E-state index in [1.807, 2.05) is 12.1 Å². The van der Waals surface area contributed by atoms with E-state index in [1.54, 1.807) is 30.6 Å². The van der Waals surface area contributed by atoms with Crippen LogP contribution in [0.2, 0.25) is 0 Å². The van der Waals surface area contributed by atoms with Crippen LogP contribution in [0.25, 0.3) is 22.4 Å². The molecular formula is C17H13N7O2. The third-order valence-electron chi connectivity index (χ3n) is 3.70. The predicted octanol–water partition coefficient (Wildman–Crippen LogP) is 1.42. The summed E-state index contributed by atoms with van der Waals surface area (Å²) in [6.07, 6.45) is 6.41. The predicted molar refractivity (Wildman–Crippen MR) is 92.8 cm³/mol. The number of H-pyrrole nitrogens is 2. The number of nitrogens with one attached hydrogen (secondary N) is 4. The summed E-state index contributed by atoms with van der Waals surface area (Å²) in [6, 6.07) is 8.65. The Hall–Kier alpha value is -4.01. The maximum absolute atomic E-state index is 12.2. The molecule has 128 valence electrons. The first-order valence-corrected chi connectivity index (χ1v) is 7.72. The Bertz CT molecular complexity index is 1080. The van der Waals surface area contributed by atoms with Gasteiger partial charge < -0.3 is 9.97 Å². The number of rotatable bonds is 3. The molecule has 4 heterocycles. The number of carbonyl (C=O) groups excluding carboxylic acids is 2. The summed E-state index contributed by atoms with van der Waals surface area (Å²) in [7, 11) is 0. The molecule has 0 bridgehead atoms. The number of fused-ring (bicyclic) bond motifs is 1. The van der Waals surface area contributed by atoms with Crippen molar-refractivity contribution in [2.45, 2.75) is 0 Å². The number of imidazole rings is 1. The second-order valence-corrected chi connectivity index (χ2v) is 5.36. The van der Waals surface area contributed by atoms with Crippen molar-refractivity contribution in [3.05, 3.63) is 66.5 Å². The van der Waals surface area contributed by atoms with Crippen molar-refractivity contribution in [1.29, 1.82) is 0 Å². The molecule has 0 spiro atoms. The van der Waals surface area contributed by atoms with Crippen LogP contribution in [0.1, 0.15) is 21.0 Å². The molecule has 2 amide bonds. The van der Waals surface area contributed by atoms with Crippen LogP contribution in [0, 0.1) is 0 Å². The average molecular weight is 347 g/mol. The lowest BCUT2D eigenvalue weighted by molar-refractivity contribution is 0.0841. The van der Waals surface area contributed by atoms with E-state index in [0.717, 1.165) is 16.6 Å². The largest absolute Gasteiger partial charge is 0.345 e. The van der Waals surface area contributed by atoms with Crippen LogP contribution in [-0.4, -0.2) is 36.7 Å². The van der Waals surface area contributed by atoms with E-state index in [0.29, 0.717) is 5.82 Å². The molecule has 0 aliphatic rings. The van der Waals surface area contributed by atoms with Crippen molar-refractivity contribution in [2.75, 3.05) is 0 Å². The fourth-order valence-corrected chi connectivity index (χ4v) is 2.47. The first-order chi connectivity index (χ1) is 12.7. The van der Waals surface area contributed by atoms with Gasteiger partial charge >= 0.3 is 0 Å². The molecule has 4 N–H and O–H groups in total. The Kier molecular flexibility index (Phi) is 3.86. The average Bonchev–Trinajstić information content (AvgIpc) is 3.33. The quantitative estimate of drug-likeness (QED) is 0.417. The monoisotopic (exact) mass is 347 g/mol. The van der Waals surface area contributed by atoms with Gasteiger partial charge in [-0.3, -0.25) is 25.4 Å². The highest BCUT2D eigenvalue weighted by Gasteiger charge is 2.15. The molecule has 0 radical (unpaired) electrons. The van der Waals surface area contributed by atoms with Crippen LogP contribution in [0.15, 0.2) is 55.1 Å². The molecule has 4 rings (SSSR count). The number of nitrogens with zero attached hydrogens (tertiary/aromatic N) is 3. The van der Waals surface area contributed by atoms with Crippen molar-refractivity contribution >= 4 is 22.8 Å². The molecule has 9 nitrogen and oxygen atoms in total. The number of amides is 2. The lowest BCUT2D eigenvalue weighted by Gasteiger charge is -2.04. The number of hydrogen-bond donors (Lipinski definition) is 4. The van der Waals surface area contributed by atoms with Crippen LogP contribution in [-0.2, 0) is 0 Å². The third kappa shape index (κ3) is 2.88. The van der Waals surface area contributed by atoms with E-state index in [2.05, 4.69) is 35.8 Å². The minimum Gasteiger partial charge on any atom is -0.345 e. The van der Waals surface area contributed by atoms with Gasteiger partial charge in [-0.2, -0.15) is 0 Å². The standard InChI is InChI=1S/C17H13N7O2/c25-16(12-5-1-2-6-18-12)23-24-17(26)13-9-21-15(22-13)11-8-20-14-10(11)4-3-7-19-14/h1-9H,(H,19,20)(H,21,22)(H,23,25)(H,24,26). The number of hydrogen-bond acceptors (Lipinski definition) is 5. The lowest BCUT2D eigenvalue weighted by Crippen LogP contribution is -2.42. The van der Waals surface area contributed by atoms with Gasteiger partial charge in [-0.05, 0) is 24.3 Å². The first kappa shape index (κ1) is 15.5. The Morgan fingerprint density at radius 3 is 2.46 bits per heavy atom. The third-order valence-corrected chi connectivity index (χ3v) is 3.70. The smallest absolute Gasteiger partial charge is 0.289 e. The van der Waals surface area contributed by atoms with Crippen LogP contribution in [0.3, 0.4) is 0 Å². The van der Waals surface area contributed by atoms with E-state index >= 15 is 0 Å². The van der Waals surface area contributed by atoms with Crippen molar-refractivity contribution in [3.8, 4) is 11.4 Å². The normalized spacial score (nSPS) is 10.6. The number of pyridine rings is 2. The van der Waals surface area contributed by atoms with Gasteiger partial charge in [0.05, 0.1) is 0 Å². The van der Waals surface area contributed by atoms with Gasteiger partial charge in [-0.25, -0.2) is 9.97 Å². The summed E-state index contributed by atoms with van der Waals surface area (Å²) < 4.78 is 0. The zero-order valence-corrected chi connectivity index (χ0v) is 13.4. The minimum atomic E-state index is -0.547. The van der Waals surface area contributed by atoms with Crippen molar-refractivity contribution in [3.63, 3.8) is 0 Å². The van der Waals surface area contributed by atoms with Crippen molar-refractivity contribution in [2.24, 2.45) is 0 Å². The molecule has 0 saturated heterocycles. The van der Waals surface area contributed by atoms with Crippen LogP contribution >= 0.6 is 0 Å². The van der Waals surface area contributed by atoms with E-state index in [-0.39, 0.29) is 11.4 Å². The van der Waals surface area contributed by atoms with E-state index < -0.39 is 11.8 Å². The zero-order chi connectivity index (χ0) is 17.9. The first-order valence-electron chi connectivity index (χ1n) is 7.72. The Morgan fingerprint density at radius 2 is 1.65 bits per heavy atom. The molecule has 0 saturated carbocycles. The summed E-state index contributed by atoms with van der Waals surface area (Å²) in [5.41, 5.74) is 6.47. The van der Waals surface area contributed by atoms with E-state index in [1.165, 1.54) is 12.4 Å². The fourth-order valence-electron chi connectivity index (χ4n) is 2.47. The summed E-state index contributed by atoms with van der Waals surface area (Å²) in [4.78, 5) is 42.5. The summed E-state index contributed by atoms with van der Waals surface area (Å²) in [5, 5.41) is 0.886. The molecule has 0 aromatic carbocycles. The van der Waals surface area contributed by atoms with Crippen molar-refractivity contribution < 1.29 is 9.59 Å². The SMILES string of the molecule is O=C(NNC(=O)c1c[nH]c(-c2c[nH]c3ncccc23)n1)c1ccccn1. The molecule has 0 aliphatic carbocycles. The molecule has 9 heteroatoms. The number of hydrazine groups is 1. The maximum atomic E-state index is 12.2. The van der Waals surface area contributed by atoms with Crippen molar-refractivity contribution in [1.82, 2.24) is 35.8 Å².